The van der Waals surface area contributed by atoms with Crippen molar-refractivity contribution in [3.8, 4) is 17.1 Å². The van der Waals surface area contributed by atoms with Crippen molar-refractivity contribution in [2.45, 2.75) is 0 Å². The van der Waals surface area contributed by atoms with E-state index in [4.69, 9.17) is 0 Å². The fourth-order valence-corrected chi connectivity index (χ4v) is 3.67. The number of rotatable bonds is 4. The minimum Gasteiger partial charge on any atom is -0.507 e. The Hall–Kier alpha value is -3.65. The minimum absolute atomic E-state index is 0.142. The van der Waals surface area contributed by atoms with Gasteiger partial charge in [0.15, 0.2) is 11.6 Å². The molecule has 4 aromatic rings. The van der Waals surface area contributed by atoms with Gasteiger partial charge in [-0.15, -0.1) is 0 Å². The van der Waals surface area contributed by atoms with Crippen LogP contribution in [-0.2, 0) is 0 Å². The highest BCUT2D eigenvalue weighted by atomic mass is 16.3. The lowest BCUT2D eigenvalue weighted by Crippen LogP contribution is -2.44. The van der Waals surface area contributed by atoms with E-state index in [0.717, 1.165) is 37.4 Å². The maximum atomic E-state index is 10.2. The van der Waals surface area contributed by atoms with Crippen molar-refractivity contribution in [1.82, 2.24) is 25.1 Å². The van der Waals surface area contributed by atoms with E-state index in [1.807, 2.05) is 6.07 Å². The Morgan fingerprint density at radius 1 is 0.967 bits per heavy atom. The van der Waals surface area contributed by atoms with E-state index < -0.39 is 0 Å². The molecular formula is C22H23N7O. The summed E-state index contributed by atoms with van der Waals surface area (Å²) in [6, 6.07) is 15.4. The molecule has 1 fully saturated rings. The molecule has 8 nitrogen and oxygen atoms in total. The molecule has 0 saturated carbocycles. The second kappa shape index (κ2) is 7.64. The molecule has 30 heavy (non-hydrogen) atoms. The lowest BCUT2D eigenvalue weighted by Gasteiger charge is -2.34. The van der Waals surface area contributed by atoms with E-state index >= 15 is 0 Å². The van der Waals surface area contributed by atoms with Gasteiger partial charge in [0.25, 0.3) is 0 Å². The number of phenols is 1. The van der Waals surface area contributed by atoms with Crippen molar-refractivity contribution in [2.24, 2.45) is 0 Å². The summed E-state index contributed by atoms with van der Waals surface area (Å²) in [6.45, 7) is 4.23. The average Bonchev–Trinajstić information content (AvgIpc) is 3.24. The van der Waals surface area contributed by atoms with Crippen LogP contribution in [0.1, 0.15) is 0 Å². The Kier molecular flexibility index (Phi) is 4.68. The van der Waals surface area contributed by atoms with E-state index in [0.29, 0.717) is 22.7 Å². The zero-order valence-electron chi connectivity index (χ0n) is 16.7. The predicted octanol–water partition coefficient (Wildman–Crippen LogP) is 3.22. The Labute approximate surface area is 174 Å². The predicted molar refractivity (Wildman–Crippen MR) is 118 cm³/mol. The van der Waals surface area contributed by atoms with Crippen LogP contribution in [0.25, 0.3) is 22.4 Å². The topological polar surface area (TPSA) is 93.2 Å². The lowest BCUT2D eigenvalue weighted by molar-refractivity contribution is 0.313. The van der Waals surface area contributed by atoms with Crippen LogP contribution in [0.2, 0.25) is 0 Å². The summed E-state index contributed by atoms with van der Waals surface area (Å²) in [4.78, 5) is 13.9. The van der Waals surface area contributed by atoms with Gasteiger partial charge >= 0.3 is 0 Å². The van der Waals surface area contributed by atoms with Crippen LogP contribution in [0.4, 0.5) is 17.2 Å². The van der Waals surface area contributed by atoms with E-state index in [2.05, 4.69) is 66.6 Å². The molecule has 1 saturated heterocycles. The Morgan fingerprint density at radius 2 is 1.73 bits per heavy atom. The number of anilines is 3. The molecule has 0 spiro atoms. The summed E-state index contributed by atoms with van der Waals surface area (Å²) in [7, 11) is 2.16. The van der Waals surface area contributed by atoms with Gasteiger partial charge in [0.05, 0.1) is 11.8 Å². The molecule has 152 valence electrons. The number of nitrogens with zero attached hydrogens (tertiary/aromatic N) is 5. The van der Waals surface area contributed by atoms with Crippen molar-refractivity contribution in [2.75, 3.05) is 43.4 Å². The first-order chi connectivity index (χ1) is 14.7. The van der Waals surface area contributed by atoms with Crippen LogP contribution < -0.4 is 10.2 Å². The highest BCUT2D eigenvalue weighted by molar-refractivity contribution is 5.89. The number of H-pyrrole nitrogens is 1. The van der Waals surface area contributed by atoms with Crippen molar-refractivity contribution < 1.29 is 5.11 Å². The van der Waals surface area contributed by atoms with Gasteiger partial charge in [-0.2, -0.15) is 5.10 Å². The molecule has 2 aromatic carbocycles. The number of likely N-dealkylation sites (N-methyl/N-ethyl adjacent to an activating group) is 1. The maximum Gasteiger partial charge on any atom is 0.166 e. The molecule has 0 aliphatic carbocycles. The van der Waals surface area contributed by atoms with Gasteiger partial charge in [-0.3, -0.25) is 5.10 Å². The summed E-state index contributed by atoms with van der Waals surface area (Å²) >= 11 is 0. The Balaban J connectivity index is 1.44. The Morgan fingerprint density at radius 3 is 2.50 bits per heavy atom. The summed E-state index contributed by atoms with van der Waals surface area (Å²) in [5, 5.41) is 20.6. The van der Waals surface area contributed by atoms with Crippen molar-refractivity contribution in [3.63, 3.8) is 0 Å². The number of para-hydroxylation sites is 1. The standard InChI is InChI=1S/C22H23N7O/c1-28-10-12-29(13-11-28)16-8-6-15(7-9-16)24-22-20-18(14-23-27-20)25-21(26-22)17-4-2-3-5-19(17)30/h2-9,14,30H,10-13H2,1H3,(H,23,27)(H,24,25,26). The van der Waals surface area contributed by atoms with Crippen LogP contribution in [-0.4, -0.2) is 63.4 Å². The fraction of sp³-hybridized carbons (Fsp3) is 0.227. The maximum absolute atomic E-state index is 10.2. The van der Waals surface area contributed by atoms with Gasteiger partial charge in [-0.1, -0.05) is 12.1 Å². The van der Waals surface area contributed by atoms with Gasteiger partial charge in [0.2, 0.25) is 0 Å². The first-order valence-electron chi connectivity index (χ1n) is 9.97. The number of aromatic amines is 1. The van der Waals surface area contributed by atoms with E-state index in [-0.39, 0.29) is 5.75 Å². The molecule has 0 bridgehead atoms. The number of nitrogens with one attached hydrogen (secondary N) is 2. The summed E-state index contributed by atoms with van der Waals surface area (Å²) < 4.78 is 0. The number of hydrogen-bond donors (Lipinski definition) is 3. The Bertz CT molecular complexity index is 1160. The third-order valence-electron chi connectivity index (χ3n) is 5.44. The minimum atomic E-state index is 0.142. The van der Waals surface area contributed by atoms with Gasteiger partial charge in [-0.05, 0) is 43.4 Å². The molecule has 0 radical (unpaired) electrons. The zero-order valence-corrected chi connectivity index (χ0v) is 16.7. The molecule has 0 amide bonds. The third kappa shape index (κ3) is 3.53. The van der Waals surface area contributed by atoms with Crippen LogP contribution >= 0.6 is 0 Å². The molecule has 1 aliphatic heterocycles. The molecule has 0 atom stereocenters. The molecule has 3 heterocycles. The smallest absolute Gasteiger partial charge is 0.166 e. The summed E-state index contributed by atoms with van der Waals surface area (Å²) in [5.41, 5.74) is 4.12. The number of fused-ring (bicyclic) bond motifs is 1. The second-order valence-corrected chi connectivity index (χ2v) is 7.51. The quantitative estimate of drug-likeness (QED) is 0.483. The molecule has 3 N–H and O–H groups in total. The average molecular weight is 401 g/mol. The summed E-state index contributed by atoms with van der Waals surface area (Å²) in [6.07, 6.45) is 1.65. The van der Waals surface area contributed by atoms with Crippen molar-refractivity contribution in [3.05, 3.63) is 54.7 Å². The van der Waals surface area contributed by atoms with Crippen LogP contribution in [0.5, 0.6) is 5.75 Å². The lowest BCUT2D eigenvalue weighted by atomic mass is 10.2. The van der Waals surface area contributed by atoms with E-state index in [1.165, 1.54) is 5.69 Å². The first kappa shape index (κ1) is 18.4. The zero-order chi connectivity index (χ0) is 20.5. The molecular weight excluding hydrogens is 378 g/mol. The van der Waals surface area contributed by atoms with Crippen molar-refractivity contribution >= 4 is 28.2 Å². The first-order valence-corrected chi connectivity index (χ1v) is 9.97. The van der Waals surface area contributed by atoms with Gasteiger partial charge < -0.3 is 20.2 Å². The SMILES string of the molecule is CN1CCN(c2ccc(Nc3nc(-c4ccccc4O)nc4cn[nH]c34)cc2)CC1. The molecule has 1 aliphatic rings. The number of aromatic nitrogens is 4. The van der Waals surface area contributed by atoms with Gasteiger partial charge in [0.1, 0.15) is 16.8 Å². The number of benzene rings is 2. The number of piperazine rings is 1. The second-order valence-electron chi connectivity index (χ2n) is 7.51. The van der Waals surface area contributed by atoms with Gasteiger partial charge in [-0.25, -0.2) is 9.97 Å². The summed E-state index contributed by atoms with van der Waals surface area (Å²) in [5.74, 6) is 1.20. The number of phenolic OH excluding ortho intramolecular Hbond substituents is 1. The number of aromatic hydroxyl groups is 1. The number of hydrogen-bond acceptors (Lipinski definition) is 7. The van der Waals surface area contributed by atoms with Gasteiger partial charge in [0, 0.05) is 37.6 Å². The van der Waals surface area contributed by atoms with E-state index in [1.54, 1.807) is 24.4 Å². The largest absolute Gasteiger partial charge is 0.507 e. The van der Waals surface area contributed by atoms with Crippen LogP contribution in [0, 0.1) is 0 Å². The normalized spacial score (nSPS) is 14.9. The molecule has 2 aromatic heterocycles. The fourth-order valence-electron chi connectivity index (χ4n) is 3.67. The molecule has 8 heteroatoms. The highest BCUT2D eigenvalue weighted by Gasteiger charge is 2.16. The molecule has 0 unspecified atom stereocenters. The third-order valence-corrected chi connectivity index (χ3v) is 5.44. The van der Waals surface area contributed by atoms with Crippen LogP contribution in [0.15, 0.2) is 54.7 Å². The van der Waals surface area contributed by atoms with Crippen LogP contribution in [0.3, 0.4) is 0 Å². The van der Waals surface area contributed by atoms with Crippen molar-refractivity contribution in [1.29, 1.82) is 0 Å². The molecule has 5 rings (SSSR count). The monoisotopic (exact) mass is 401 g/mol. The highest BCUT2D eigenvalue weighted by Crippen LogP contribution is 2.30. The van der Waals surface area contributed by atoms with E-state index in [9.17, 15) is 5.11 Å².